The van der Waals surface area contributed by atoms with E-state index in [9.17, 15) is 19.8 Å². The maximum Gasteiger partial charge on any atom is 0.261 e. The molecule has 7 heteroatoms. The van der Waals surface area contributed by atoms with Gasteiger partial charge < -0.3 is 20.5 Å². The second kappa shape index (κ2) is 9.43. The van der Waals surface area contributed by atoms with Crippen molar-refractivity contribution in [2.45, 2.75) is 64.5 Å². The van der Waals surface area contributed by atoms with E-state index in [1.54, 1.807) is 18.2 Å². The molecule has 7 nitrogen and oxygen atoms in total. The van der Waals surface area contributed by atoms with Crippen molar-refractivity contribution in [1.29, 1.82) is 0 Å². The fourth-order valence-corrected chi connectivity index (χ4v) is 6.53. The highest BCUT2D eigenvalue weighted by atomic mass is 16.3. The number of carbonyl (C=O) groups is 1. The molecule has 4 N–H and O–H groups in total. The lowest BCUT2D eigenvalue weighted by atomic mass is 9.59. The molecule has 0 bridgehead atoms. The Morgan fingerprint density at radius 2 is 2.14 bits per heavy atom. The number of fused-ring (bicyclic) bond motifs is 4. The quantitative estimate of drug-likeness (QED) is 0.337. The number of likely N-dealkylation sites (N-methyl/N-ethyl adjacent to an activating group) is 1. The molecule has 1 saturated carbocycles. The Kier molecular flexibility index (Phi) is 6.86. The number of H-pyrrole nitrogens is 1. The van der Waals surface area contributed by atoms with Gasteiger partial charge in [0, 0.05) is 43.1 Å². The Bertz CT molecular complexity index is 1130. The third-order valence-corrected chi connectivity index (χ3v) is 8.24. The van der Waals surface area contributed by atoms with E-state index >= 15 is 0 Å². The zero-order valence-corrected chi connectivity index (χ0v) is 21.4. The average molecular weight is 482 g/mol. The van der Waals surface area contributed by atoms with E-state index in [-0.39, 0.29) is 23.3 Å². The fourth-order valence-electron chi connectivity index (χ4n) is 6.53. The SMILES string of the molecule is C=C(/C=C(O)\C=C/CC)[C@@]12Cc3[nH]c(=O)c(C(=O)NCCC(C)C)cc3C[C@@]1(O)[C@H]1C(CN1C)C2. The Morgan fingerprint density at radius 1 is 1.40 bits per heavy atom. The van der Waals surface area contributed by atoms with Gasteiger partial charge in [-0.15, -0.1) is 0 Å². The molecule has 1 aromatic rings. The molecule has 1 aliphatic heterocycles. The highest BCUT2D eigenvalue weighted by molar-refractivity contribution is 5.94. The Balaban J connectivity index is 1.71. The van der Waals surface area contributed by atoms with Gasteiger partial charge in [-0.25, -0.2) is 0 Å². The number of rotatable bonds is 8. The van der Waals surface area contributed by atoms with Crippen molar-refractivity contribution in [3.63, 3.8) is 0 Å². The molecule has 1 aromatic heterocycles. The summed E-state index contributed by atoms with van der Waals surface area (Å²) < 4.78 is 0. The standard InChI is InChI=1S/C28H39N3O4/c1-6-7-8-21(32)11-18(4)27-13-20-16-31(5)24(20)28(27,35)14-19-12-22(26(34)30-23(19)15-27)25(33)29-10-9-17(2)3/h7-8,11-12,17,20,24,32,35H,4,6,9-10,13-16H2,1-3,5H3,(H,29,33)(H,30,34)/b8-7-,21-11+/t20?,24-,27-,28-/m1/s1. The summed E-state index contributed by atoms with van der Waals surface area (Å²) in [5, 5.41) is 25.6. The summed E-state index contributed by atoms with van der Waals surface area (Å²) in [5.74, 6) is 0.481. The molecule has 2 fully saturated rings. The van der Waals surface area contributed by atoms with Crippen molar-refractivity contribution >= 4 is 5.91 Å². The second-order valence-corrected chi connectivity index (χ2v) is 11.1. The van der Waals surface area contributed by atoms with E-state index in [2.05, 4.69) is 35.6 Å². The van der Waals surface area contributed by atoms with Gasteiger partial charge in [0.1, 0.15) is 11.3 Å². The van der Waals surface area contributed by atoms with E-state index in [1.807, 2.05) is 20.0 Å². The molecule has 0 spiro atoms. The van der Waals surface area contributed by atoms with Crippen LogP contribution in [0.15, 0.2) is 47.0 Å². The number of amides is 1. The third-order valence-electron chi connectivity index (χ3n) is 8.24. The lowest BCUT2D eigenvalue weighted by molar-refractivity contribution is -0.118. The maximum absolute atomic E-state index is 12.9. The minimum atomic E-state index is -1.12. The van der Waals surface area contributed by atoms with Gasteiger partial charge in [0.25, 0.3) is 11.5 Å². The predicted octanol–water partition coefficient (Wildman–Crippen LogP) is 3.27. The minimum Gasteiger partial charge on any atom is -0.508 e. The van der Waals surface area contributed by atoms with Gasteiger partial charge in [0.2, 0.25) is 0 Å². The summed E-state index contributed by atoms with van der Waals surface area (Å²) in [6, 6.07) is 1.62. The first kappa shape index (κ1) is 25.5. The first-order chi connectivity index (χ1) is 16.5. The van der Waals surface area contributed by atoms with Gasteiger partial charge in [0.05, 0.1) is 5.60 Å². The number of nitrogens with zero attached hydrogens (tertiary/aromatic N) is 1. The van der Waals surface area contributed by atoms with Crippen LogP contribution >= 0.6 is 0 Å². The van der Waals surface area contributed by atoms with Crippen molar-refractivity contribution in [2.75, 3.05) is 20.1 Å². The molecule has 4 rings (SSSR count). The van der Waals surface area contributed by atoms with Crippen LogP contribution in [-0.4, -0.2) is 57.8 Å². The summed E-state index contributed by atoms with van der Waals surface area (Å²) in [6.45, 7) is 11.9. The lowest BCUT2D eigenvalue weighted by Crippen LogP contribution is -2.66. The Hall–Kier alpha value is -2.64. The second-order valence-electron chi connectivity index (χ2n) is 11.1. The molecule has 4 atom stereocenters. The first-order valence-corrected chi connectivity index (χ1v) is 12.7. The minimum absolute atomic E-state index is 0.0376. The Labute approximate surface area is 207 Å². The number of pyridine rings is 1. The summed E-state index contributed by atoms with van der Waals surface area (Å²) in [7, 11) is 2.02. The molecule has 0 aromatic carbocycles. The number of carbonyl (C=O) groups excluding carboxylic acids is 1. The van der Waals surface area contributed by atoms with Crippen LogP contribution in [0.3, 0.4) is 0 Å². The summed E-state index contributed by atoms with van der Waals surface area (Å²) in [5.41, 5.74) is 0.0375. The number of aromatic nitrogens is 1. The van der Waals surface area contributed by atoms with E-state index in [4.69, 9.17) is 0 Å². The number of aliphatic hydroxyl groups is 2. The van der Waals surface area contributed by atoms with E-state index in [0.29, 0.717) is 36.8 Å². The zero-order valence-electron chi connectivity index (χ0n) is 21.4. The number of allylic oxidation sites excluding steroid dienone is 3. The highest BCUT2D eigenvalue weighted by Gasteiger charge is 2.69. The molecule has 2 aliphatic carbocycles. The summed E-state index contributed by atoms with van der Waals surface area (Å²) >= 11 is 0. The van der Waals surface area contributed by atoms with Gasteiger partial charge in [-0.1, -0.05) is 33.4 Å². The molecule has 1 amide bonds. The number of hydrogen-bond acceptors (Lipinski definition) is 5. The van der Waals surface area contributed by atoms with Gasteiger partial charge in [0.15, 0.2) is 0 Å². The van der Waals surface area contributed by atoms with Gasteiger partial charge in [-0.05, 0) is 67.5 Å². The topological polar surface area (TPSA) is 106 Å². The molecular weight excluding hydrogens is 442 g/mol. The number of hydrogen-bond donors (Lipinski definition) is 4. The molecule has 3 aliphatic rings. The normalized spacial score (nSPS) is 30.1. The molecule has 2 heterocycles. The van der Waals surface area contributed by atoms with Crippen molar-refractivity contribution in [1.82, 2.24) is 15.2 Å². The van der Waals surface area contributed by atoms with Crippen molar-refractivity contribution in [3.8, 4) is 0 Å². The molecule has 1 saturated heterocycles. The van der Waals surface area contributed by atoms with Gasteiger partial charge >= 0.3 is 0 Å². The van der Waals surface area contributed by atoms with Crippen molar-refractivity contribution in [3.05, 3.63) is 69.4 Å². The van der Waals surface area contributed by atoms with Gasteiger partial charge in [-0.3, -0.25) is 14.5 Å². The molecule has 0 radical (unpaired) electrons. The molecule has 190 valence electrons. The monoisotopic (exact) mass is 481 g/mol. The fraction of sp³-hybridized carbons (Fsp3) is 0.571. The Morgan fingerprint density at radius 3 is 2.80 bits per heavy atom. The number of aromatic amines is 1. The van der Waals surface area contributed by atoms with Crippen LogP contribution in [0.25, 0.3) is 0 Å². The summed E-state index contributed by atoms with van der Waals surface area (Å²) in [4.78, 5) is 30.8. The lowest BCUT2D eigenvalue weighted by Gasteiger charge is -2.53. The van der Waals surface area contributed by atoms with Crippen LogP contribution in [-0.2, 0) is 12.8 Å². The van der Waals surface area contributed by atoms with Crippen molar-refractivity contribution < 1.29 is 15.0 Å². The largest absolute Gasteiger partial charge is 0.508 e. The van der Waals surface area contributed by atoms with Crippen LogP contribution in [0.2, 0.25) is 0 Å². The van der Waals surface area contributed by atoms with Crippen LogP contribution in [0.5, 0.6) is 0 Å². The highest BCUT2D eigenvalue weighted by Crippen LogP contribution is 2.63. The van der Waals surface area contributed by atoms with E-state index in [0.717, 1.165) is 37.1 Å². The van der Waals surface area contributed by atoms with Crippen LogP contribution in [0, 0.1) is 17.3 Å². The summed E-state index contributed by atoms with van der Waals surface area (Å²) in [6.07, 6.45) is 8.27. The zero-order chi connectivity index (χ0) is 25.5. The van der Waals surface area contributed by atoms with E-state index in [1.165, 1.54) is 0 Å². The van der Waals surface area contributed by atoms with Gasteiger partial charge in [-0.2, -0.15) is 0 Å². The van der Waals surface area contributed by atoms with Crippen LogP contribution in [0.4, 0.5) is 0 Å². The molecular formula is C28H39N3O4. The number of likely N-dealkylation sites (tertiary alicyclic amines) is 1. The first-order valence-electron chi connectivity index (χ1n) is 12.7. The average Bonchev–Trinajstić information content (AvgIpc) is 2.98. The van der Waals surface area contributed by atoms with Crippen LogP contribution < -0.4 is 10.9 Å². The maximum atomic E-state index is 12.9. The van der Waals surface area contributed by atoms with E-state index < -0.39 is 16.6 Å². The predicted molar refractivity (Wildman–Crippen MR) is 137 cm³/mol. The third kappa shape index (κ3) is 4.29. The van der Waals surface area contributed by atoms with Crippen molar-refractivity contribution in [2.24, 2.45) is 17.3 Å². The number of aliphatic hydroxyl groups excluding tert-OH is 1. The molecule has 1 unspecified atom stereocenters. The number of nitrogens with one attached hydrogen (secondary N) is 2. The van der Waals surface area contributed by atoms with Crippen LogP contribution in [0.1, 0.15) is 61.6 Å². The molecule has 35 heavy (non-hydrogen) atoms. The smallest absolute Gasteiger partial charge is 0.261 e.